The van der Waals surface area contributed by atoms with Crippen LogP contribution in [0.2, 0.25) is 10.0 Å². The number of hydrogen-bond donors (Lipinski definition) is 2. The number of nitrogens with zero attached hydrogens (tertiary/aromatic N) is 1. The van der Waals surface area contributed by atoms with Gasteiger partial charge in [0.25, 0.3) is 5.91 Å². The first-order valence-electron chi connectivity index (χ1n) is 11.0. The molecule has 1 atom stereocenters. The number of rotatable bonds is 6. The molecule has 0 saturated heterocycles. The van der Waals surface area contributed by atoms with E-state index in [4.69, 9.17) is 29.6 Å². The fourth-order valence-corrected chi connectivity index (χ4v) is 5.50. The molecule has 38 heavy (non-hydrogen) atoms. The van der Waals surface area contributed by atoms with E-state index in [1.165, 1.54) is 12.1 Å². The highest BCUT2D eigenvalue weighted by atomic mass is 35.5. The molecule has 3 aromatic carbocycles. The Kier molecular flexibility index (Phi) is 7.93. The Morgan fingerprint density at radius 2 is 1.74 bits per heavy atom. The minimum Gasteiger partial charge on any atom is -0.344 e. The number of halogens is 6. The van der Waals surface area contributed by atoms with Crippen LogP contribution in [0, 0.1) is 18.2 Å². The summed E-state index contributed by atoms with van der Waals surface area (Å²) in [4.78, 5) is 24.6. The number of fused-ring (bicyclic) bond motifs is 1. The third-order valence-electron chi connectivity index (χ3n) is 5.91. The molecule has 4 rings (SSSR count). The lowest BCUT2D eigenvalue weighted by atomic mass is 9.87. The van der Waals surface area contributed by atoms with Crippen molar-refractivity contribution >= 4 is 63.4 Å². The lowest BCUT2D eigenvalue weighted by molar-refractivity contribution is -0.159. The summed E-state index contributed by atoms with van der Waals surface area (Å²) in [6, 6.07) is 11.4. The number of nitrogens with one attached hydrogen (secondary N) is 2. The number of benzene rings is 3. The van der Waals surface area contributed by atoms with E-state index in [2.05, 4.69) is 21.0 Å². The summed E-state index contributed by atoms with van der Waals surface area (Å²) >= 11 is 11.9. The van der Waals surface area contributed by atoms with E-state index in [0.717, 1.165) is 12.1 Å². The van der Waals surface area contributed by atoms with Gasteiger partial charge in [-0.25, -0.2) is 8.79 Å². The van der Waals surface area contributed by atoms with Crippen molar-refractivity contribution in [3.8, 4) is 12.3 Å². The Bertz CT molecular complexity index is 1500. The lowest BCUT2D eigenvalue weighted by Crippen LogP contribution is -2.38. The van der Waals surface area contributed by atoms with Crippen molar-refractivity contribution in [2.45, 2.75) is 17.3 Å². The highest BCUT2D eigenvalue weighted by Crippen LogP contribution is 2.57. The van der Waals surface area contributed by atoms with Crippen LogP contribution in [0.15, 0.2) is 52.9 Å². The van der Waals surface area contributed by atoms with E-state index in [0.29, 0.717) is 28.3 Å². The Hall–Kier alpha value is -3.26. The summed E-state index contributed by atoms with van der Waals surface area (Å²) in [5.41, 5.74) is 0.413. The molecule has 0 bridgehead atoms. The second-order valence-electron chi connectivity index (χ2n) is 8.25. The van der Waals surface area contributed by atoms with E-state index in [1.807, 2.05) is 0 Å². The van der Waals surface area contributed by atoms with Crippen molar-refractivity contribution in [2.75, 3.05) is 13.1 Å². The van der Waals surface area contributed by atoms with E-state index in [9.17, 15) is 27.2 Å². The minimum atomic E-state index is -4.79. The number of terminal acetylenes is 1. The standard InChI is InChI=1S/C26H17Cl2F4N3O2S/c1-2-9-33-22(36)13-34-24(37)18-8-7-17(15-5-3-4-6-16(15)18)21-12-25(38-35-21,26(30,31)32)14-10-19(27)23(29)20(28)11-14/h1,3-8,10-11H,9,12-13H2,(H,33,36)(H,34,37). The maximum absolute atomic E-state index is 14.5. The first-order chi connectivity index (χ1) is 18.0. The molecule has 0 radical (unpaired) electrons. The molecule has 5 nitrogen and oxygen atoms in total. The molecule has 12 heteroatoms. The molecule has 2 N–H and O–H groups in total. The molecule has 1 aliphatic heterocycles. The van der Waals surface area contributed by atoms with Crippen LogP contribution in [0.5, 0.6) is 0 Å². The number of carbonyl (C=O) groups is 2. The van der Waals surface area contributed by atoms with Gasteiger partial charge in [0.2, 0.25) is 5.91 Å². The van der Waals surface area contributed by atoms with Crippen molar-refractivity contribution in [2.24, 2.45) is 4.40 Å². The molecule has 1 aliphatic rings. The Balaban J connectivity index is 1.69. The van der Waals surface area contributed by atoms with Gasteiger partial charge in [-0.2, -0.15) is 13.2 Å². The van der Waals surface area contributed by atoms with Gasteiger partial charge in [-0.05, 0) is 46.5 Å². The van der Waals surface area contributed by atoms with Gasteiger partial charge in [-0.15, -0.1) is 6.42 Å². The number of carbonyl (C=O) groups excluding carboxylic acids is 2. The van der Waals surface area contributed by atoms with Gasteiger partial charge >= 0.3 is 6.18 Å². The van der Waals surface area contributed by atoms with Gasteiger partial charge in [0.1, 0.15) is 0 Å². The van der Waals surface area contributed by atoms with E-state index in [-0.39, 0.29) is 29.9 Å². The number of alkyl halides is 3. The highest BCUT2D eigenvalue weighted by Gasteiger charge is 2.60. The largest absolute Gasteiger partial charge is 0.409 e. The average Bonchev–Trinajstić information content (AvgIpc) is 3.35. The number of amides is 2. The quantitative estimate of drug-likeness (QED) is 0.161. The van der Waals surface area contributed by atoms with Crippen LogP contribution >= 0.6 is 35.1 Å². The average molecular weight is 582 g/mol. The summed E-state index contributed by atoms with van der Waals surface area (Å²) in [5, 5.41) is 4.82. The molecule has 2 amide bonds. The topological polar surface area (TPSA) is 70.6 Å². The van der Waals surface area contributed by atoms with Crippen molar-refractivity contribution in [1.29, 1.82) is 0 Å². The van der Waals surface area contributed by atoms with Gasteiger partial charge in [0, 0.05) is 17.5 Å². The van der Waals surface area contributed by atoms with Gasteiger partial charge in [0.05, 0.1) is 28.8 Å². The molecule has 0 fully saturated rings. The summed E-state index contributed by atoms with van der Waals surface area (Å²) < 4.78 is 59.0. The normalized spacial score (nSPS) is 17.1. The van der Waals surface area contributed by atoms with Crippen LogP contribution in [-0.2, 0) is 9.54 Å². The summed E-state index contributed by atoms with van der Waals surface area (Å²) in [6.45, 7) is -0.293. The van der Waals surface area contributed by atoms with Gasteiger partial charge < -0.3 is 10.6 Å². The Morgan fingerprint density at radius 3 is 2.37 bits per heavy atom. The van der Waals surface area contributed by atoms with Crippen LogP contribution in [0.25, 0.3) is 10.8 Å². The summed E-state index contributed by atoms with van der Waals surface area (Å²) in [7, 11) is 0. The third kappa shape index (κ3) is 5.19. The zero-order valence-corrected chi connectivity index (χ0v) is 21.6. The molecule has 1 heterocycles. The Morgan fingerprint density at radius 1 is 1.08 bits per heavy atom. The molecule has 196 valence electrons. The predicted octanol–water partition coefficient (Wildman–Crippen LogP) is 6.06. The lowest BCUT2D eigenvalue weighted by Gasteiger charge is -2.30. The fraction of sp³-hybridized carbons (Fsp3) is 0.192. The first-order valence-corrected chi connectivity index (χ1v) is 12.5. The van der Waals surface area contributed by atoms with Crippen LogP contribution < -0.4 is 10.6 Å². The van der Waals surface area contributed by atoms with Crippen LogP contribution in [0.4, 0.5) is 17.6 Å². The molecular weight excluding hydrogens is 565 g/mol. The zero-order valence-electron chi connectivity index (χ0n) is 19.3. The van der Waals surface area contributed by atoms with E-state index < -0.39 is 45.0 Å². The van der Waals surface area contributed by atoms with Gasteiger partial charge in [-0.3, -0.25) is 9.59 Å². The highest BCUT2D eigenvalue weighted by molar-refractivity contribution is 7.99. The summed E-state index contributed by atoms with van der Waals surface area (Å²) in [5.74, 6) is 0.221. The van der Waals surface area contributed by atoms with Crippen molar-refractivity contribution < 1.29 is 27.2 Å². The van der Waals surface area contributed by atoms with Crippen molar-refractivity contribution in [3.05, 3.63) is 81.1 Å². The van der Waals surface area contributed by atoms with Crippen molar-refractivity contribution in [3.63, 3.8) is 0 Å². The SMILES string of the molecule is C#CCNC(=O)CNC(=O)c1ccc(C2=NSC(c3cc(Cl)c(F)c(Cl)c3)(C(F)(F)F)C2)c2ccccc12. The Labute approximate surface area is 229 Å². The zero-order chi connectivity index (χ0) is 27.7. The molecular formula is C26H17Cl2F4N3O2S. The second kappa shape index (κ2) is 10.8. The third-order valence-corrected chi connectivity index (χ3v) is 7.70. The van der Waals surface area contributed by atoms with Crippen LogP contribution in [0.1, 0.15) is 27.9 Å². The minimum absolute atomic E-state index is 0.0161. The van der Waals surface area contributed by atoms with Gasteiger partial charge in [-0.1, -0.05) is 59.5 Å². The molecule has 3 aromatic rings. The maximum atomic E-state index is 14.5. The number of hydrogen-bond acceptors (Lipinski definition) is 4. The van der Waals surface area contributed by atoms with Crippen LogP contribution in [0.3, 0.4) is 0 Å². The smallest absolute Gasteiger partial charge is 0.344 e. The molecule has 0 aromatic heterocycles. The molecule has 0 aliphatic carbocycles. The maximum Gasteiger partial charge on any atom is 0.409 e. The van der Waals surface area contributed by atoms with Crippen molar-refractivity contribution in [1.82, 2.24) is 10.6 Å². The predicted molar refractivity (Wildman–Crippen MR) is 141 cm³/mol. The van der Waals surface area contributed by atoms with E-state index >= 15 is 0 Å². The van der Waals surface area contributed by atoms with E-state index in [1.54, 1.807) is 24.3 Å². The van der Waals surface area contributed by atoms with Crippen LogP contribution in [-0.4, -0.2) is 36.8 Å². The monoisotopic (exact) mass is 581 g/mol. The summed E-state index contributed by atoms with van der Waals surface area (Å²) in [6.07, 6.45) is -0.275. The van der Waals surface area contributed by atoms with Gasteiger partial charge in [0.15, 0.2) is 10.6 Å². The molecule has 1 unspecified atom stereocenters. The first kappa shape index (κ1) is 27.8. The molecule has 0 spiro atoms. The second-order valence-corrected chi connectivity index (χ2v) is 10.1. The molecule has 0 saturated carbocycles. The fourth-order valence-electron chi connectivity index (χ4n) is 4.05.